The molecule has 0 aliphatic heterocycles. The number of aromatic hydroxyl groups is 1. The highest BCUT2D eigenvalue weighted by molar-refractivity contribution is 7.92. The van der Waals surface area contributed by atoms with Crippen LogP contribution in [0, 0.1) is 17.3 Å². The zero-order valence-electron chi connectivity index (χ0n) is 21.2. The predicted molar refractivity (Wildman–Crippen MR) is 147 cm³/mol. The third kappa shape index (κ3) is 4.71. The molecule has 3 aliphatic carbocycles. The van der Waals surface area contributed by atoms with E-state index >= 15 is 0 Å². The summed E-state index contributed by atoms with van der Waals surface area (Å²) in [7, 11) is 0. The maximum atomic E-state index is 9.98. The molecule has 1 N–H and O–H groups in total. The van der Waals surface area contributed by atoms with Gasteiger partial charge >= 0.3 is 0 Å². The van der Waals surface area contributed by atoms with Gasteiger partial charge in [-0.25, -0.2) is 4.31 Å². The predicted octanol–water partition coefficient (Wildman–Crippen LogP) is 7.90. The van der Waals surface area contributed by atoms with Gasteiger partial charge in [0.15, 0.2) is 0 Å². The van der Waals surface area contributed by atoms with Crippen LogP contribution >= 0.6 is 12.2 Å². The highest BCUT2D eigenvalue weighted by Gasteiger charge is 2.55. The van der Waals surface area contributed by atoms with Crippen LogP contribution in [0.5, 0.6) is 5.75 Å². The van der Waals surface area contributed by atoms with Crippen molar-refractivity contribution in [2.24, 2.45) is 17.3 Å². The minimum atomic E-state index is 0.244. The van der Waals surface area contributed by atoms with Crippen molar-refractivity contribution in [3.8, 4) is 5.75 Å². The second-order valence-electron chi connectivity index (χ2n) is 11.3. The Hall–Kier alpha value is -2.27. The van der Waals surface area contributed by atoms with Crippen molar-refractivity contribution in [3.05, 3.63) is 101 Å². The van der Waals surface area contributed by atoms with Crippen LogP contribution in [-0.4, -0.2) is 15.5 Å². The van der Waals surface area contributed by atoms with Crippen molar-refractivity contribution in [2.75, 3.05) is 0 Å². The summed E-state index contributed by atoms with van der Waals surface area (Å²) in [6, 6.07) is 27.5. The van der Waals surface area contributed by atoms with Gasteiger partial charge < -0.3 is 5.11 Å². The third-order valence-electron chi connectivity index (χ3n) is 9.29. The Morgan fingerprint density at radius 2 is 1.58 bits per heavy atom. The van der Waals surface area contributed by atoms with E-state index in [9.17, 15) is 5.11 Å². The van der Waals surface area contributed by atoms with Crippen LogP contribution in [0.25, 0.3) is 0 Å². The van der Waals surface area contributed by atoms with Crippen LogP contribution in [0.2, 0.25) is 0 Å². The van der Waals surface area contributed by atoms with Gasteiger partial charge in [0, 0.05) is 13.1 Å². The quantitative estimate of drug-likeness (QED) is 0.265. The average Bonchev–Trinajstić information content (AvgIpc) is 3.24. The van der Waals surface area contributed by atoms with Gasteiger partial charge in [-0.3, -0.25) is 4.18 Å². The van der Waals surface area contributed by atoms with E-state index in [1.54, 1.807) is 12.2 Å². The fourth-order valence-corrected chi connectivity index (χ4v) is 8.42. The van der Waals surface area contributed by atoms with Crippen LogP contribution in [0.3, 0.4) is 0 Å². The number of hydrogen-bond donors (Lipinski definition) is 1. The Kier molecular flexibility index (Phi) is 6.85. The zero-order valence-corrected chi connectivity index (χ0v) is 22.0. The minimum absolute atomic E-state index is 0.244. The molecule has 3 nitrogen and oxygen atoms in total. The van der Waals surface area contributed by atoms with E-state index in [1.165, 1.54) is 47.9 Å². The molecule has 2 fully saturated rings. The van der Waals surface area contributed by atoms with E-state index < -0.39 is 0 Å². The lowest BCUT2D eigenvalue weighted by atomic mass is 9.55. The summed E-state index contributed by atoms with van der Waals surface area (Å²) in [6.45, 7) is 4.24. The number of phenolic OH excluding ortho intramolecular Hbond substituents is 1. The number of rotatable bonds is 7. The summed E-state index contributed by atoms with van der Waals surface area (Å²) < 4.78 is 9.13. The van der Waals surface area contributed by atoms with Gasteiger partial charge in [-0.2, -0.15) is 0 Å². The third-order valence-corrected chi connectivity index (χ3v) is 10.1. The molecule has 0 saturated heterocycles. The number of benzene rings is 3. The molecule has 5 atom stereocenters. The van der Waals surface area contributed by atoms with Gasteiger partial charge in [-0.15, -0.1) is 0 Å². The maximum absolute atomic E-state index is 9.98. The van der Waals surface area contributed by atoms with E-state index in [0.29, 0.717) is 17.8 Å². The van der Waals surface area contributed by atoms with Gasteiger partial charge in [0.1, 0.15) is 5.75 Å². The molecular formula is C32H37NO2S. The van der Waals surface area contributed by atoms with E-state index in [-0.39, 0.29) is 5.41 Å². The highest BCUT2D eigenvalue weighted by Crippen LogP contribution is 2.62. The van der Waals surface area contributed by atoms with Gasteiger partial charge in [0.2, 0.25) is 0 Å². The Bertz CT molecular complexity index is 1130. The van der Waals surface area contributed by atoms with Crippen molar-refractivity contribution in [1.29, 1.82) is 0 Å². The van der Waals surface area contributed by atoms with Crippen molar-refractivity contribution in [2.45, 2.75) is 70.6 Å². The molecular weight excluding hydrogens is 462 g/mol. The maximum Gasteiger partial charge on any atom is 0.115 e. The summed E-state index contributed by atoms with van der Waals surface area (Å²) in [4.78, 5) is 0. The van der Waals surface area contributed by atoms with Gasteiger partial charge in [0.05, 0.1) is 18.3 Å². The van der Waals surface area contributed by atoms with Crippen LogP contribution < -0.4 is 0 Å². The van der Waals surface area contributed by atoms with Crippen LogP contribution in [-0.2, 0) is 23.7 Å². The van der Waals surface area contributed by atoms with Crippen molar-refractivity contribution >= 4 is 12.2 Å². The molecule has 2 saturated carbocycles. The number of aryl methyl sites for hydroxylation is 1. The van der Waals surface area contributed by atoms with Crippen LogP contribution in [0.4, 0.5) is 0 Å². The molecule has 5 unspecified atom stereocenters. The lowest BCUT2D eigenvalue weighted by Crippen LogP contribution is -2.44. The summed E-state index contributed by atoms with van der Waals surface area (Å²) in [6.07, 6.45) is 7.52. The summed E-state index contributed by atoms with van der Waals surface area (Å²) >= 11 is 1.59. The fraction of sp³-hybridized carbons (Fsp3) is 0.438. The molecule has 3 aliphatic rings. The Morgan fingerprint density at radius 3 is 2.28 bits per heavy atom. The molecule has 0 bridgehead atoms. The van der Waals surface area contributed by atoms with Gasteiger partial charge in [-0.1, -0.05) is 73.7 Å². The summed E-state index contributed by atoms with van der Waals surface area (Å²) in [5.74, 6) is 2.52. The number of phenols is 1. The number of fused-ring (bicyclic) bond motifs is 5. The average molecular weight is 500 g/mol. The molecule has 4 heteroatoms. The second kappa shape index (κ2) is 10.2. The molecule has 3 aromatic carbocycles. The number of nitrogens with zero attached hydrogens (tertiary/aromatic N) is 1. The Balaban J connectivity index is 1.16. The van der Waals surface area contributed by atoms with Crippen molar-refractivity contribution in [3.63, 3.8) is 0 Å². The Morgan fingerprint density at radius 1 is 0.889 bits per heavy atom. The molecule has 3 aromatic rings. The summed E-state index contributed by atoms with van der Waals surface area (Å²) in [5, 5.41) is 9.98. The van der Waals surface area contributed by atoms with E-state index in [1.807, 2.05) is 12.1 Å². The molecule has 6 rings (SSSR count). The van der Waals surface area contributed by atoms with E-state index in [2.05, 4.69) is 78.0 Å². The van der Waals surface area contributed by atoms with Gasteiger partial charge in [-0.05, 0) is 96.1 Å². The number of hydrogen-bond acceptors (Lipinski definition) is 4. The first-order valence-corrected chi connectivity index (χ1v) is 14.3. The molecule has 0 spiro atoms. The molecule has 188 valence electrons. The smallest absolute Gasteiger partial charge is 0.115 e. The van der Waals surface area contributed by atoms with Crippen LogP contribution in [0.1, 0.15) is 67.2 Å². The van der Waals surface area contributed by atoms with Crippen molar-refractivity contribution in [1.82, 2.24) is 4.31 Å². The highest BCUT2D eigenvalue weighted by atomic mass is 32.2. The topological polar surface area (TPSA) is 32.7 Å². The minimum Gasteiger partial charge on any atom is -0.508 e. The van der Waals surface area contributed by atoms with Gasteiger partial charge in [0.25, 0.3) is 0 Å². The largest absolute Gasteiger partial charge is 0.508 e. The molecule has 0 heterocycles. The normalized spacial score (nSPS) is 28.9. The van der Waals surface area contributed by atoms with Crippen molar-refractivity contribution < 1.29 is 9.29 Å². The monoisotopic (exact) mass is 499 g/mol. The molecule has 0 aromatic heterocycles. The van der Waals surface area contributed by atoms with E-state index in [0.717, 1.165) is 37.8 Å². The lowest BCUT2D eigenvalue weighted by Gasteiger charge is -2.50. The second-order valence-corrected chi connectivity index (χ2v) is 12.2. The SMILES string of the molecule is CC12CCC3c4ccc(O)cc4CCC3C1CCC2OSN(Cc1ccccc1)Cc1ccccc1. The first kappa shape index (κ1) is 24.1. The fourth-order valence-electron chi connectivity index (χ4n) is 7.47. The lowest BCUT2D eigenvalue weighted by molar-refractivity contribution is -0.00473. The first-order chi connectivity index (χ1) is 17.6. The molecule has 0 radical (unpaired) electrons. The summed E-state index contributed by atoms with van der Waals surface area (Å²) in [5.41, 5.74) is 5.74. The molecule has 0 amide bonds. The Labute approximate surface area is 220 Å². The van der Waals surface area contributed by atoms with Crippen LogP contribution in [0.15, 0.2) is 78.9 Å². The zero-order chi connectivity index (χ0) is 24.5. The standard InChI is InChI=1S/C32H37NO2S/c1-32-19-18-28-27-15-13-26(34)20-25(27)12-14-29(28)30(32)16-17-31(32)35-36-33(21-23-8-4-2-5-9-23)22-24-10-6-3-7-11-24/h2-11,13,15,20,28-31,34H,12,14,16-19,21-22H2,1H3. The first-order valence-electron chi connectivity index (χ1n) is 13.6. The molecule has 36 heavy (non-hydrogen) atoms. The van der Waals surface area contributed by atoms with E-state index in [4.69, 9.17) is 4.18 Å².